The predicted octanol–water partition coefficient (Wildman–Crippen LogP) is 5.54. The minimum atomic E-state index is -0.614. The molecule has 0 aliphatic carbocycles. The summed E-state index contributed by atoms with van der Waals surface area (Å²) in [6.45, 7) is 2.09. The van der Waals surface area contributed by atoms with Crippen LogP contribution in [-0.2, 0) is 9.59 Å². The summed E-state index contributed by atoms with van der Waals surface area (Å²) in [5, 5.41) is 4.85. The van der Waals surface area contributed by atoms with Crippen molar-refractivity contribution in [1.29, 1.82) is 0 Å². The molecule has 0 radical (unpaired) electrons. The zero-order valence-corrected chi connectivity index (χ0v) is 18.5. The molecule has 1 saturated heterocycles. The number of carbonyl (C=O) groups excluding carboxylic acids is 2. The highest BCUT2D eigenvalue weighted by Gasteiger charge is 2.41. The Balaban J connectivity index is 1.49. The summed E-state index contributed by atoms with van der Waals surface area (Å²) in [5.41, 5.74) is 2.54. The van der Waals surface area contributed by atoms with E-state index in [1.165, 1.54) is 36.3 Å². The number of anilines is 3. The molecule has 1 aromatic heterocycles. The average Bonchev–Trinajstić information content (AvgIpc) is 3.54. The van der Waals surface area contributed by atoms with Gasteiger partial charge in [-0.25, -0.2) is 9.29 Å². The molecule has 32 heavy (non-hydrogen) atoms. The van der Waals surface area contributed by atoms with E-state index in [-0.39, 0.29) is 22.0 Å². The first-order valence-electron chi connectivity index (χ1n) is 10.3. The summed E-state index contributed by atoms with van der Waals surface area (Å²) in [5.74, 6) is -1.60. The normalized spacial score (nSPS) is 16.4. The summed E-state index contributed by atoms with van der Waals surface area (Å²) >= 11 is 7.28. The van der Waals surface area contributed by atoms with Crippen molar-refractivity contribution >= 4 is 57.4 Å². The summed E-state index contributed by atoms with van der Waals surface area (Å²) in [6.07, 6.45) is 2.38. The maximum absolute atomic E-state index is 13.6. The first-order valence-corrected chi connectivity index (χ1v) is 11.5. The van der Waals surface area contributed by atoms with Crippen LogP contribution >= 0.6 is 22.9 Å². The number of carbonyl (C=O) groups is 2. The second kappa shape index (κ2) is 8.41. The Morgan fingerprint density at radius 1 is 0.938 bits per heavy atom. The molecule has 0 spiro atoms. The fourth-order valence-electron chi connectivity index (χ4n) is 4.03. The summed E-state index contributed by atoms with van der Waals surface area (Å²) in [4.78, 5) is 30.7. The van der Waals surface area contributed by atoms with E-state index in [9.17, 15) is 14.0 Å². The monoisotopic (exact) mass is 467 g/mol. The zero-order valence-electron chi connectivity index (χ0n) is 17.0. The Hall–Kier alpha value is -3.16. The fourth-order valence-corrected chi connectivity index (χ4v) is 4.97. The van der Waals surface area contributed by atoms with Gasteiger partial charge < -0.3 is 10.2 Å². The van der Waals surface area contributed by atoms with E-state index in [2.05, 4.69) is 10.2 Å². The Morgan fingerprint density at radius 3 is 2.31 bits per heavy atom. The highest BCUT2D eigenvalue weighted by Crippen LogP contribution is 2.36. The molecule has 2 amide bonds. The second-order valence-electron chi connectivity index (χ2n) is 7.64. The van der Waals surface area contributed by atoms with Crippen LogP contribution in [0.2, 0.25) is 5.02 Å². The lowest BCUT2D eigenvalue weighted by Crippen LogP contribution is -2.32. The van der Waals surface area contributed by atoms with Gasteiger partial charge in [-0.3, -0.25) is 9.59 Å². The van der Waals surface area contributed by atoms with Gasteiger partial charge >= 0.3 is 0 Å². The van der Waals surface area contributed by atoms with E-state index in [1.54, 1.807) is 6.07 Å². The summed E-state index contributed by atoms with van der Waals surface area (Å²) in [7, 11) is 0. The molecule has 3 aromatic rings. The number of imide groups is 1. The quantitative estimate of drug-likeness (QED) is 0.501. The number of nitrogens with zero attached hydrogens (tertiary/aromatic N) is 2. The third kappa shape index (κ3) is 3.67. The molecule has 3 heterocycles. The van der Waals surface area contributed by atoms with Crippen LogP contribution in [0.15, 0.2) is 65.7 Å². The molecule has 0 atom stereocenters. The Bertz CT molecular complexity index is 1220. The van der Waals surface area contributed by atoms with Crippen LogP contribution in [0.1, 0.15) is 17.7 Å². The first kappa shape index (κ1) is 20.7. The minimum absolute atomic E-state index is 0.153. The number of hydrogen-bond acceptors (Lipinski definition) is 5. The highest BCUT2D eigenvalue weighted by molar-refractivity contribution is 7.11. The Kier molecular flexibility index (Phi) is 5.45. The molecule has 5 nitrogen and oxygen atoms in total. The average molecular weight is 468 g/mol. The largest absolute Gasteiger partial charge is 0.372 e. The smallest absolute Gasteiger partial charge is 0.282 e. The number of hydrogen-bond donors (Lipinski definition) is 1. The van der Waals surface area contributed by atoms with E-state index in [4.69, 9.17) is 11.6 Å². The molecule has 8 heteroatoms. The van der Waals surface area contributed by atoms with Crippen LogP contribution in [-0.4, -0.2) is 24.9 Å². The fraction of sp³-hybridized carbons (Fsp3) is 0.167. The van der Waals surface area contributed by atoms with Crippen molar-refractivity contribution in [3.05, 3.63) is 81.4 Å². The number of halogens is 2. The van der Waals surface area contributed by atoms with Crippen molar-refractivity contribution in [3.63, 3.8) is 0 Å². The van der Waals surface area contributed by atoms with Gasteiger partial charge in [0.15, 0.2) is 0 Å². The van der Waals surface area contributed by atoms with Crippen molar-refractivity contribution in [2.45, 2.75) is 12.8 Å². The molecule has 2 aliphatic heterocycles. The minimum Gasteiger partial charge on any atom is -0.372 e. The number of rotatable bonds is 5. The third-order valence-electron chi connectivity index (χ3n) is 5.62. The van der Waals surface area contributed by atoms with Crippen LogP contribution in [0, 0.1) is 5.82 Å². The molecular weight excluding hydrogens is 449 g/mol. The van der Waals surface area contributed by atoms with Crippen LogP contribution in [0.25, 0.3) is 5.57 Å². The molecule has 2 aliphatic rings. The molecule has 1 fully saturated rings. The van der Waals surface area contributed by atoms with Gasteiger partial charge in [0, 0.05) is 29.3 Å². The van der Waals surface area contributed by atoms with Crippen molar-refractivity contribution in [2.75, 3.05) is 28.2 Å². The maximum Gasteiger partial charge on any atom is 0.282 e. The maximum atomic E-state index is 13.6. The second-order valence-corrected chi connectivity index (χ2v) is 8.99. The molecule has 2 aromatic carbocycles. The Labute approximate surface area is 193 Å². The van der Waals surface area contributed by atoms with E-state index in [0.717, 1.165) is 29.7 Å². The molecular formula is C24H19ClFN3O2S. The van der Waals surface area contributed by atoms with E-state index >= 15 is 0 Å². The van der Waals surface area contributed by atoms with Crippen LogP contribution in [0.3, 0.4) is 0 Å². The van der Waals surface area contributed by atoms with E-state index in [0.29, 0.717) is 10.6 Å². The van der Waals surface area contributed by atoms with Gasteiger partial charge in [0.05, 0.1) is 16.3 Å². The summed E-state index contributed by atoms with van der Waals surface area (Å²) in [6, 6.07) is 15.3. The number of nitrogens with one attached hydrogen (secondary N) is 1. The molecule has 162 valence electrons. The highest BCUT2D eigenvalue weighted by atomic mass is 35.5. The van der Waals surface area contributed by atoms with Gasteiger partial charge in [0.1, 0.15) is 11.5 Å². The molecule has 0 unspecified atom stereocenters. The lowest BCUT2D eigenvalue weighted by Gasteiger charge is -2.18. The molecule has 5 rings (SSSR count). The topological polar surface area (TPSA) is 52.7 Å². The lowest BCUT2D eigenvalue weighted by atomic mass is 10.1. The zero-order chi connectivity index (χ0) is 22.2. The molecule has 1 N–H and O–H groups in total. The van der Waals surface area contributed by atoms with Crippen LogP contribution in [0.4, 0.5) is 21.5 Å². The van der Waals surface area contributed by atoms with Gasteiger partial charge in [-0.1, -0.05) is 17.7 Å². The van der Waals surface area contributed by atoms with Gasteiger partial charge in [-0.15, -0.1) is 11.3 Å². The Morgan fingerprint density at radius 2 is 1.66 bits per heavy atom. The predicted molar refractivity (Wildman–Crippen MR) is 127 cm³/mol. The summed E-state index contributed by atoms with van der Waals surface area (Å²) < 4.78 is 13.6. The first-order chi connectivity index (χ1) is 15.5. The van der Waals surface area contributed by atoms with Crippen LogP contribution < -0.4 is 15.1 Å². The van der Waals surface area contributed by atoms with Crippen molar-refractivity contribution in [2.24, 2.45) is 0 Å². The van der Waals surface area contributed by atoms with Crippen molar-refractivity contribution in [1.82, 2.24) is 0 Å². The number of benzene rings is 2. The standard InChI is InChI=1S/C24H19ClFN3O2S/c25-18-14-17(9-10-19(18)26)29-23(30)21(20-4-3-13-32-20)22(24(29)31)27-15-5-7-16(8-6-15)28-11-1-2-12-28/h3-10,13-14,27H,1-2,11-12H2. The lowest BCUT2D eigenvalue weighted by molar-refractivity contribution is -0.120. The van der Waals surface area contributed by atoms with E-state index < -0.39 is 17.6 Å². The van der Waals surface area contributed by atoms with Gasteiger partial charge in [0.25, 0.3) is 11.8 Å². The number of amides is 2. The van der Waals surface area contributed by atoms with Gasteiger partial charge in [-0.2, -0.15) is 0 Å². The van der Waals surface area contributed by atoms with Crippen molar-refractivity contribution < 1.29 is 14.0 Å². The number of thiophene rings is 1. The van der Waals surface area contributed by atoms with Crippen molar-refractivity contribution in [3.8, 4) is 0 Å². The SMILES string of the molecule is O=C1C(Nc2ccc(N3CCCC3)cc2)=C(c2cccs2)C(=O)N1c1ccc(F)c(Cl)c1. The van der Waals surface area contributed by atoms with Crippen LogP contribution in [0.5, 0.6) is 0 Å². The van der Waals surface area contributed by atoms with Gasteiger partial charge in [0.2, 0.25) is 0 Å². The third-order valence-corrected chi connectivity index (χ3v) is 6.80. The van der Waals surface area contributed by atoms with Gasteiger partial charge in [-0.05, 0) is 66.8 Å². The molecule has 0 bridgehead atoms. The van der Waals surface area contributed by atoms with E-state index in [1.807, 2.05) is 35.7 Å². The molecule has 0 saturated carbocycles.